The van der Waals surface area contributed by atoms with Crippen molar-refractivity contribution in [1.29, 1.82) is 0 Å². The van der Waals surface area contributed by atoms with Crippen molar-refractivity contribution in [3.63, 3.8) is 0 Å². The topological polar surface area (TPSA) is 77.9 Å². The largest absolute Gasteiger partial charge is 0.480 e. The van der Waals surface area contributed by atoms with E-state index in [0.717, 1.165) is 4.90 Å². The molecule has 0 aromatic carbocycles. The molecule has 0 bridgehead atoms. The van der Waals surface area contributed by atoms with Crippen LogP contribution in [0.4, 0.5) is 13.2 Å². The van der Waals surface area contributed by atoms with Gasteiger partial charge in [0, 0.05) is 6.54 Å². The number of nitrogens with zero attached hydrogens (tertiary/aromatic N) is 2. The SMILES string of the molecule is CCN1C(=O)CC(N(CC(=O)O)CC(F)(F)F)C1=O. The highest BCUT2D eigenvalue weighted by Crippen LogP contribution is 2.23. The molecule has 6 nitrogen and oxygen atoms in total. The average Bonchev–Trinajstić information content (AvgIpc) is 2.50. The van der Waals surface area contributed by atoms with Gasteiger partial charge in [-0.1, -0.05) is 0 Å². The van der Waals surface area contributed by atoms with Crippen molar-refractivity contribution in [2.24, 2.45) is 0 Å². The van der Waals surface area contributed by atoms with Gasteiger partial charge in [-0.3, -0.25) is 24.2 Å². The van der Waals surface area contributed by atoms with Crippen LogP contribution >= 0.6 is 0 Å². The molecule has 1 atom stereocenters. The normalized spacial score (nSPS) is 20.5. The Balaban J connectivity index is 2.89. The van der Waals surface area contributed by atoms with Crippen molar-refractivity contribution in [3.05, 3.63) is 0 Å². The molecule has 1 rings (SSSR count). The Morgan fingerprint density at radius 1 is 1.47 bits per heavy atom. The molecule has 1 saturated heterocycles. The first-order valence-corrected chi connectivity index (χ1v) is 5.52. The summed E-state index contributed by atoms with van der Waals surface area (Å²) in [5.74, 6) is -2.85. The average molecular weight is 282 g/mol. The highest BCUT2D eigenvalue weighted by molar-refractivity contribution is 6.05. The van der Waals surface area contributed by atoms with Crippen LogP contribution in [0.3, 0.4) is 0 Å². The van der Waals surface area contributed by atoms with E-state index in [1.165, 1.54) is 6.92 Å². The third-order valence-electron chi connectivity index (χ3n) is 2.70. The van der Waals surface area contributed by atoms with Gasteiger partial charge in [0.2, 0.25) is 11.8 Å². The molecule has 0 aliphatic carbocycles. The van der Waals surface area contributed by atoms with Crippen LogP contribution in [0.25, 0.3) is 0 Å². The van der Waals surface area contributed by atoms with E-state index in [9.17, 15) is 27.6 Å². The molecule has 0 spiro atoms. The van der Waals surface area contributed by atoms with E-state index in [4.69, 9.17) is 5.11 Å². The van der Waals surface area contributed by atoms with Gasteiger partial charge in [0.05, 0.1) is 25.6 Å². The van der Waals surface area contributed by atoms with Crippen LogP contribution < -0.4 is 0 Å². The zero-order valence-corrected chi connectivity index (χ0v) is 10.1. The number of carboxylic acids is 1. The Labute approximate surface area is 106 Å². The van der Waals surface area contributed by atoms with Gasteiger partial charge in [-0.25, -0.2) is 0 Å². The van der Waals surface area contributed by atoms with Gasteiger partial charge in [0.25, 0.3) is 0 Å². The quantitative estimate of drug-likeness (QED) is 0.723. The lowest BCUT2D eigenvalue weighted by atomic mass is 10.2. The number of carboxylic acid groups (broad SMARTS) is 1. The molecule has 2 amide bonds. The maximum absolute atomic E-state index is 12.4. The Hall–Kier alpha value is -1.64. The molecule has 108 valence electrons. The number of rotatable bonds is 5. The smallest absolute Gasteiger partial charge is 0.401 e. The lowest BCUT2D eigenvalue weighted by Crippen LogP contribution is -2.48. The van der Waals surface area contributed by atoms with Crippen LogP contribution in [-0.2, 0) is 14.4 Å². The molecule has 1 heterocycles. The molecule has 19 heavy (non-hydrogen) atoms. The van der Waals surface area contributed by atoms with Crippen molar-refractivity contribution in [1.82, 2.24) is 9.80 Å². The minimum absolute atomic E-state index is 0.0566. The van der Waals surface area contributed by atoms with Crippen LogP contribution in [0.15, 0.2) is 0 Å². The van der Waals surface area contributed by atoms with Gasteiger partial charge < -0.3 is 5.11 Å². The summed E-state index contributed by atoms with van der Waals surface area (Å²) in [6, 6.07) is -1.36. The van der Waals surface area contributed by atoms with Crippen molar-refractivity contribution in [3.8, 4) is 0 Å². The van der Waals surface area contributed by atoms with Gasteiger partial charge in [-0.05, 0) is 6.92 Å². The first kappa shape index (κ1) is 15.4. The number of aliphatic carboxylic acids is 1. The first-order valence-electron chi connectivity index (χ1n) is 5.52. The number of carbonyl (C=O) groups is 3. The van der Waals surface area contributed by atoms with Crippen LogP contribution in [-0.4, -0.2) is 64.5 Å². The van der Waals surface area contributed by atoms with Crippen LogP contribution in [0.2, 0.25) is 0 Å². The molecule has 0 aromatic rings. The molecule has 0 radical (unpaired) electrons. The van der Waals surface area contributed by atoms with Crippen LogP contribution in [0.1, 0.15) is 13.3 Å². The van der Waals surface area contributed by atoms with Gasteiger partial charge in [0.1, 0.15) is 0 Å². The molecule has 9 heteroatoms. The Bertz CT molecular complexity index is 397. The number of alkyl halides is 3. The summed E-state index contributed by atoms with van der Waals surface area (Å²) in [5.41, 5.74) is 0. The van der Waals surface area contributed by atoms with Gasteiger partial charge in [-0.15, -0.1) is 0 Å². The standard InChI is InChI=1S/C10H13F3N2O4/c1-2-15-7(16)3-6(9(15)19)14(4-8(17)18)5-10(11,12)13/h6H,2-5H2,1H3,(H,17,18). The third kappa shape index (κ3) is 3.91. The molecule has 0 saturated carbocycles. The van der Waals surface area contributed by atoms with Crippen molar-refractivity contribution in [2.45, 2.75) is 25.6 Å². The second-order valence-electron chi connectivity index (χ2n) is 4.11. The number of imide groups is 1. The fourth-order valence-corrected chi connectivity index (χ4v) is 1.96. The minimum atomic E-state index is -4.64. The second kappa shape index (κ2) is 5.55. The highest BCUT2D eigenvalue weighted by atomic mass is 19.4. The Morgan fingerprint density at radius 2 is 2.05 bits per heavy atom. The predicted molar refractivity (Wildman–Crippen MR) is 56.1 cm³/mol. The molecular weight excluding hydrogens is 269 g/mol. The summed E-state index contributed by atoms with van der Waals surface area (Å²) >= 11 is 0. The first-order chi connectivity index (χ1) is 8.65. The van der Waals surface area contributed by atoms with Crippen molar-refractivity contribution < 1.29 is 32.7 Å². The number of hydrogen-bond acceptors (Lipinski definition) is 4. The molecule has 1 unspecified atom stereocenters. The Morgan fingerprint density at radius 3 is 2.42 bits per heavy atom. The number of carbonyl (C=O) groups excluding carboxylic acids is 2. The van der Waals surface area contributed by atoms with E-state index in [1.54, 1.807) is 0 Å². The maximum Gasteiger partial charge on any atom is 0.401 e. The molecule has 1 N–H and O–H groups in total. The summed E-state index contributed by atoms with van der Waals surface area (Å²) in [4.78, 5) is 35.1. The van der Waals surface area contributed by atoms with Crippen LogP contribution in [0, 0.1) is 0 Å². The summed E-state index contributed by atoms with van der Waals surface area (Å²) in [7, 11) is 0. The van der Waals surface area contributed by atoms with Crippen molar-refractivity contribution in [2.75, 3.05) is 19.6 Å². The van der Waals surface area contributed by atoms with E-state index in [0.29, 0.717) is 4.90 Å². The monoisotopic (exact) mass is 282 g/mol. The molecule has 1 fully saturated rings. The fraction of sp³-hybridized carbons (Fsp3) is 0.700. The molecule has 1 aliphatic heterocycles. The number of likely N-dealkylation sites (N-methyl/N-ethyl adjacent to an activating group) is 1. The zero-order chi connectivity index (χ0) is 14.8. The summed E-state index contributed by atoms with van der Waals surface area (Å²) in [5, 5.41) is 8.60. The zero-order valence-electron chi connectivity index (χ0n) is 10.1. The number of likely N-dealkylation sites (tertiary alicyclic amines) is 1. The summed E-state index contributed by atoms with van der Waals surface area (Å²) < 4.78 is 37.1. The van der Waals surface area contributed by atoms with Crippen molar-refractivity contribution >= 4 is 17.8 Å². The van der Waals surface area contributed by atoms with E-state index < -0.39 is 49.5 Å². The number of amides is 2. The van der Waals surface area contributed by atoms with E-state index in [1.807, 2.05) is 0 Å². The second-order valence-corrected chi connectivity index (χ2v) is 4.11. The van der Waals surface area contributed by atoms with E-state index in [2.05, 4.69) is 0 Å². The number of halogens is 3. The lowest BCUT2D eigenvalue weighted by molar-refractivity contribution is -0.160. The minimum Gasteiger partial charge on any atom is -0.480 e. The highest BCUT2D eigenvalue weighted by Gasteiger charge is 2.44. The lowest BCUT2D eigenvalue weighted by Gasteiger charge is -2.26. The van der Waals surface area contributed by atoms with Gasteiger partial charge >= 0.3 is 12.1 Å². The fourth-order valence-electron chi connectivity index (χ4n) is 1.96. The van der Waals surface area contributed by atoms with E-state index in [-0.39, 0.29) is 6.54 Å². The Kier molecular flexibility index (Phi) is 4.51. The predicted octanol–water partition coefficient (Wildman–Crippen LogP) is 0.0827. The number of hydrogen-bond donors (Lipinski definition) is 1. The van der Waals surface area contributed by atoms with Crippen LogP contribution in [0.5, 0.6) is 0 Å². The van der Waals surface area contributed by atoms with Gasteiger partial charge in [0.15, 0.2) is 0 Å². The molecular formula is C10H13F3N2O4. The van der Waals surface area contributed by atoms with E-state index >= 15 is 0 Å². The summed E-state index contributed by atoms with van der Waals surface area (Å²) in [6.45, 7) is -0.911. The maximum atomic E-state index is 12.4. The molecule has 0 aromatic heterocycles. The third-order valence-corrected chi connectivity index (χ3v) is 2.70. The van der Waals surface area contributed by atoms with Gasteiger partial charge in [-0.2, -0.15) is 13.2 Å². The summed E-state index contributed by atoms with van der Waals surface area (Å²) in [6.07, 6.45) is -5.06. The molecule has 1 aliphatic rings.